The van der Waals surface area contributed by atoms with Gasteiger partial charge in [-0.1, -0.05) is 11.6 Å². The van der Waals surface area contributed by atoms with Gasteiger partial charge in [-0.2, -0.15) is 10.4 Å². The average molecular weight is 428 g/mol. The van der Waals surface area contributed by atoms with E-state index in [1.54, 1.807) is 13.0 Å². The van der Waals surface area contributed by atoms with E-state index in [1.165, 1.54) is 10.9 Å². The van der Waals surface area contributed by atoms with Gasteiger partial charge in [-0.25, -0.2) is 28.4 Å². The van der Waals surface area contributed by atoms with Crippen molar-refractivity contribution >= 4 is 34.1 Å². The summed E-state index contributed by atoms with van der Waals surface area (Å²) in [6, 6.07) is 5.54. The minimum absolute atomic E-state index is 0.0371. The van der Waals surface area contributed by atoms with Gasteiger partial charge in [-0.05, 0) is 19.1 Å². The van der Waals surface area contributed by atoms with Crippen molar-refractivity contribution in [3.05, 3.63) is 64.3 Å². The van der Waals surface area contributed by atoms with Gasteiger partial charge in [0, 0.05) is 18.0 Å². The summed E-state index contributed by atoms with van der Waals surface area (Å²) in [5.74, 6) is -0.580. The number of aliphatic hydroxyl groups is 1. The van der Waals surface area contributed by atoms with Gasteiger partial charge in [0.1, 0.15) is 41.3 Å². The standard InChI is InChI=1S/C19H12ClF2N7O/c1-9-2-15(26-16(8-30)25-9)27-19-12-7-29(28-17(12)14(22)6-24-19)18-10(5-23)3-11(21)4-13(18)20/h2-4,6-7,30H,8H2,1H3,(H,24,25,26,27). The molecular formula is C19H12ClF2N7O. The highest BCUT2D eigenvalue weighted by atomic mass is 35.5. The minimum atomic E-state index is -0.694. The van der Waals surface area contributed by atoms with E-state index in [4.69, 9.17) is 11.6 Å². The summed E-state index contributed by atoms with van der Waals surface area (Å²) in [5.41, 5.74) is 0.629. The second-order valence-electron chi connectivity index (χ2n) is 6.28. The van der Waals surface area contributed by atoms with Crippen LogP contribution in [0, 0.1) is 29.9 Å². The molecule has 2 N–H and O–H groups in total. The first-order chi connectivity index (χ1) is 14.4. The van der Waals surface area contributed by atoms with Crippen LogP contribution in [0.1, 0.15) is 17.1 Å². The molecule has 30 heavy (non-hydrogen) atoms. The molecule has 0 aliphatic carbocycles. The van der Waals surface area contributed by atoms with Crippen molar-refractivity contribution in [2.45, 2.75) is 13.5 Å². The van der Waals surface area contributed by atoms with Gasteiger partial charge in [0.25, 0.3) is 0 Å². The lowest BCUT2D eigenvalue weighted by Gasteiger charge is -2.08. The van der Waals surface area contributed by atoms with Gasteiger partial charge < -0.3 is 10.4 Å². The summed E-state index contributed by atoms with van der Waals surface area (Å²) in [5, 5.41) is 26.0. The maximum atomic E-state index is 14.4. The molecule has 0 atom stereocenters. The topological polar surface area (TPSA) is 113 Å². The Balaban J connectivity index is 1.86. The van der Waals surface area contributed by atoms with Crippen LogP contribution in [0.25, 0.3) is 16.6 Å². The van der Waals surface area contributed by atoms with Crippen LogP contribution in [-0.2, 0) is 6.61 Å². The van der Waals surface area contributed by atoms with E-state index < -0.39 is 11.6 Å². The minimum Gasteiger partial charge on any atom is -0.388 e. The number of hydrogen-bond acceptors (Lipinski definition) is 7. The number of anilines is 2. The van der Waals surface area contributed by atoms with Crippen molar-refractivity contribution < 1.29 is 13.9 Å². The lowest BCUT2D eigenvalue weighted by Crippen LogP contribution is -2.03. The second-order valence-corrected chi connectivity index (χ2v) is 6.69. The number of fused-ring (bicyclic) bond motifs is 1. The number of nitrogens with zero attached hydrogens (tertiary/aromatic N) is 6. The Morgan fingerprint density at radius 3 is 2.80 bits per heavy atom. The monoisotopic (exact) mass is 427 g/mol. The summed E-state index contributed by atoms with van der Waals surface area (Å²) >= 11 is 6.12. The first-order valence-corrected chi connectivity index (χ1v) is 8.93. The number of aliphatic hydroxyl groups excluding tert-OH is 1. The van der Waals surface area contributed by atoms with E-state index in [0.717, 1.165) is 18.3 Å². The van der Waals surface area contributed by atoms with Crippen molar-refractivity contribution in [1.29, 1.82) is 5.26 Å². The molecule has 0 aliphatic heterocycles. The molecule has 8 nitrogen and oxygen atoms in total. The zero-order valence-corrected chi connectivity index (χ0v) is 16.1. The van der Waals surface area contributed by atoms with Crippen LogP contribution in [0.15, 0.2) is 30.6 Å². The van der Waals surface area contributed by atoms with E-state index in [0.29, 0.717) is 11.5 Å². The Morgan fingerprint density at radius 1 is 1.27 bits per heavy atom. The number of rotatable bonds is 4. The van der Waals surface area contributed by atoms with Gasteiger partial charge >= 0.3 is 0 Å². The van der Waals surface area contributed by atoms with E-state index in [9.17, 15) is 19.1 Å². The molecule has 0 amide bonds. The smallest absolute Gasteiger partial charge is 0.169 e. The highest BCUT2D eigenvalue weighted by Gasteiger charge is 2.18. The van der Waals surface area contributed by atoms with E-state index >= 15 is 0 Å². The first kappa shape index (κ1) is 19.6. The third-order valence-electron chi connectivity index (χ3n) is 4.17. The molecule has 0 saturated heterocycles. The van der Waals surface area contributed by atoms with Crippen molar-refractivity contribution in [3.8, 4) is 11.8 Å². The Bertz CT molecular complexity index is 1330. The second kappa shape index (κ2) is 7.62. The third kappa shape index (κ3) is 3.52. The normalized spacial score (nSPS) is 10.9. The summed E-state index contributed by atoms with van der Waals surface area (Å²) in [6.45, 7) is 1.39. The fourth-order valence-corrected chi connectivity index (χ4v) is 3.25. The van der Waals surface area contributed by atoms with Crippen LogP contribution >= 0.6 is 11.6 Å². The number of pyridine rings is 1. The average Bonchev–Trinajstić information content (AvgIpc) is 3.15. The molecule has 0 aliphatic rings. The maximum absolute atomic E-state index is 14.4. The lowest BCUT2D eigenvalue weighted by molar-refractivity contribution is 0.271. The number of aromatic nitrogens is 5. The fraction of sp³-hybridized carbons (Fsp3) is 0.105. The van der Waals surface area contributed by atoms with Gasteiger partial charge in [0.15, 0.2) is 11.6 Å². The lowest BCUT2D eigenvalue weighted by atomic mass is 10.2. The summed E-state index contributed by atoms with van der Waals surface area (Å²) < 4.78 is 29.2. The molecule has 0 bridgehead atoms. The van der Waals surface area contributed by atoms with Gasteiger partial charge in [-0.3, -0.25) is 0 Å². The Morgan fingerprint density at radius 2 is 2.07 bits per heavy atom. The maximum Gasteiger partial charge on any atom is 0.169 e. The molecule has 3 heterocycles. The predicted molar refractivity (Wildman–Crippen MR) is 104 cm³/mol. The Labute approximate surface area is 173 Å². The van der Waals surface area contributed by atoms with Gasteiger partial charge in [0.2, 0.25) is 0 Å². The highest BCUT2D eigenvalue weighted by Crippen LogP contribution is 2.30. The quantitative estimate of drug-likeness (QED) is 0.512. The molecule has 11 heteroatoms. The summed E-state index contributed by atoms with van der Waals surface area (Å²) in [7, 11) is 0. The molecular weight excluding hydrogens is 416 g/mol. The summed E-state index contributed by atoms with van der Waals surface area (Å²) in [6.07, 6.45) is 2.41. The Kier molecular flexibility index (Phi) is 4.99. The molecule has 0 spiro atoms. The molecule has 4 rings (SSSR count). The number of nitriles is 1. The zero-order valence-electron chi connectivity index (χ0n) is 15.4. The largest absolute Gasteiger partial charge is 0.388 e. The van der Waals surface area contributed by atoms with Crippen molar-refractivity contribution in [1.82, 2.24) is 24.7 Å². The number of aryl methyl sites for hydroxylation is 1. The van der Waals surface area contributed by atoms with Crippen LogP contribution in [0.5, 0.6) is 0 Å². The molecule has 4 aromatic rings. The molecule has 0 fully saturated rings. The van der Waals surface area contributed by atoms with Crippen LogP contribution in [0.3, 0.4) is 0 Å². The van der Waals surface area contributed by atoms with Crippen molar-refractivity contribution in [3.63, 3.8) is 0 Å². The van der Waals surface area contributed by atoms with Gasteiger partial charge in [0.05, 0.1) is 22.2 Å². The van der Waals surface area contributed by atoms with E-state index in [1.807, 2.05) is 6.07 Å². The van der Waals surface area contributed by atoms with Crippen LogP contribution in [0.2, 0.25) is 5.02 Å². The van der Waals surface area contributed by atoms with Crippen molar-refractivity contribution in [2.24, 2.45) is 0 Å². The van der Waals surface area contributed by atoms with Crippen LogP contribution in [-0.4, -0.2) is 29.8 Å². The molecule has 150 valence electrons. The molecule has 1 aromatic carbocycles. The molecule has 0 radical (unpaired) electrons. The van der Waals surface area contributed by atoms with E-state index in [-0.39, 0.29) is 45.4 Å². The molecule has 3 aromatic heterocycles. The fourth-order valence-electron chi connectivity index (χ4n) is 2.96. The highest BCUT2D eigenvalue weighted by molar-refractivity contribution is 6.32. The first-order valence-electron chi connectivity index (χ1n) is 8.55. The zero-order chi connectivity index (χ0) is 21.4. The van der Waals surface area contributed by atoms with E-state index in [2.05, 4.69) is 25.4 Å². The summed E-state index contributed by atoms with van der Waals surface area (Å²) in [4.78, 5) is 12.3. The predicted octanol–water partition coefficient (Wildman–Crippen LogP) is 3.56. The SMILES string of the molecule is Cc1cc(Nc2ncc(F)c3nn(-c4c(Cl)cc(F)cc4C#N)cc23)nc(CO)n1. The van der Waals surface area contributed by atoms with Gasteiger partial charge in [-0.15, -0.1) is 0 Å². The van der Waals surface area contributed by atoms with Crippen molar-refractivity contribution in [2.75, 3.05) is 5.32 Å². The Hall–Kier alpha value is -3.68. The number of halogens is 3. The van der Waals surface area contributed by atoms with Crippen LogP contribution in [0.4, 0.5) is 20.4 Å². The number of hydrogen-bond donors (Lipinski definition) is 2. The number of benzene rings is 1. The molecule has 0 saturated carbocycles. The molecule has 0 unspecified atom stereocenters. The van der Waals surface area contributed by atoms with Crippen LogP contribution < -0.4 is 5.32 Å². The number of nitrogens with one attached hydrogen (secondary N) is 1. The third-order valence-corrected chi connectivity index (χ3v) is 4.46.